The molecule has 0 atom stereocenters. The molecular weight excluding hydrogens is 177 g/mol. The van der Waals surface area contributed by atoms with Crippen molar-refractivity contribution >= 4 is 0 Å². The fraction of sp³-hybridized carbons (Fsp3) is 0.500. The summed E-state index contributed by atoms with van der Waals surface area (Å²) in [5, 5.41) is 0. The largest absolute Gasteiger partial charge is 0.299 e. The first-order chi connectivity index (χ1) is 6.70. The zero-order valence-corrected chi connectivity index (χ0v) is 8.81. The number of rotatable bonds is 1. The van der Waals surface area contributed by atoms with Crippen LogP contribution in [0.25, 0.3) is 0 Å². The van der Waals surface area contributed by atoms with Crippen LogP contribution in [0.15, 0.2) is 12.1 Å². The van der Waals surface area contributed by atoms with E-state index in [-0.39, 0.29) is 5.82 Å². The van der Waals surface area contributed by atoms with E-state index in [1.807, 2.05) is 6.92 Å². The zero-order valence-electron chi connectivity index (χ0n) is 8.81. The van der Waals surface area contributed by atoms with Gasteiger partial charge < -0.3 is 0 Å². The number of nitrogens with zero attached hydrogens (tertiary/aromatic N) is 1. The zero-order chi connectivity index (χ0) is 10.1. The van der Waals surface area contributed by atoms with E-state index in [0.717, 1.165) is 37.2 Å². The average molecular weight is 193 g/mol. The van der Waals surface area contributed by atoms with Gasteiger partial charge in [0.25, 0.3) is 0 Å². The molecule has 14 heavy (non-hydrogen) atoms. The molecule has 0 unspecified atom stereocenters. The number of likely N-dealkylation sites (N-methyl/N-ethyl adjacent to an activating group) is 1. The van der Waals surface area contributed by atoms with Crippen LogP contribution in [0.1, 0.15) is 23.6 Å². The van der Waals surface area contributed by atoms with Gasteiger partial charge in [0.2, 0.25) is 0 Å². The molecule has 0 fully saturated rings. The van der Waals surface area contributed by atoms with Crippen LogP contribution < -0.4 is 0 Å². The predicted molar refractivity (Wildman–Crippen MR) is 55.8 cm³/mol. The molecule has 1 heterocycles. The summed E-state index contributed by atoms with van der Waals surface area (Å²) in [6.07, 6.45) is 0.856. The standard InChI is InChI=1S/C12H16FN/c1-3-14-5-4-11-10(8-14)6-9(2)7-12(11)13/h6-7H,3-5,8H2,1-2H3. The Balaban J connectivity index is 2.37. The van der Waals surface area contributed by atoms with Gasteiger partial charge in [-0.2, -0.15) is 0 Å². The highest BCUT2D eigenvalue weighted by Gasteiger charge is 2.17. The van der Waals surface area contributed by atoms with E-state index in [4.69, 9.17) is 0 Å². The van der Waals surface area contributed by atoms with Gasteiger partial charge in [0.15, 0.2) is 0 Å². The van der Waals surface area contributed by atoms with Crippen LogP contribution in [0.3, 0.4) is 0 Å². The van der Waals surface area contributed by atoms with Crippen molar-refractivity contribution < 1.29 is 4.39 Å². The molecule has 0 bridgehead atoms. The molecule has 0 saturated heterocycles. The predicted octanol–water partition coefficient (Wildman–Crippen LogP) is 2.51. The van der Waals surface area contributed by atoms with Crippen LogP contribution in [-0.4, -0.2) is 18.0 Å². The Morgan fingerprint density at radius 3 is 2.93 bits per heavy atom. The van der Waals surface area contributed by atoms with E-state index in [1.165, 1.54) is 5.56 Å². The Labute approximate surface area is 84.5 Å². The number of fused-ring (bicyclic) bond motifs is 1. The normalized spacial score (nSPS) is 16.8. The fourth-order valence-corrected chi connectivity index (χ4v) is 2.12. The van der Waals surface area contributed by atoms with Gasteiger partial charge in [-0.1, -0.05) is 13.0 Å². The first-order valence-corrected chi connectivity index (χ1v) is 5.21. The quantitative estimate of drug-likeness (QED) is 0.662. The lowest BCUT2D eigenvalue weighted by Crippen LogP contribution is -2.30. The van der Waals surface area contributed by atoms with E-state index in [2.05, 4.69) is 17.9 Å². The minimum Gasteiger partial charge on any atom is -0.299 e. The monoisotopic (exact) mass is 193 g/mol. The van der Waals surface area contributed by atoms with Crippen LogP contribution in [0.5, 0.6) is 0 Å². The first kappa shape index (κ1) is 9.66. The molecule has 1 aromatic rings. The molecule has 0 radical (unpaired) electrons. The maximum absolute atomic E-state index is 13.5. The molecule has 76 valence electrons. The van der Waals surface area contributed by atoms with Gasteiger partial charge in [0.1, 0.15) is 5.82 Å². The lowest BCUT2D eigenvalue weighted by atomic mass is 9.97. The molecule has 2 heteroatoms. The van der Waals surface area contributed by atoms with Crippen molar-refractivity contribution in [1.82, 2.24) is 4.90 Å². The lowest BCUT2D eigenvalue weighted by Gasteiger charge is -2.28. The van der Waals surface area contributed by atoms with Gasteiger partial charge >= 0.3 is 0 Å². The SMILES string of the molecule is CCN1CCc2c(F)cc(C)cc2C1. The molecule has 0 saturated carbocycles. The minimum absolute atomic E-state index is 0.0178. The Morgan fingerprint density at radius 1 is 1.43 bits per heavy atom. The highest BCUT2D eigenvalue weighted by molar-refractivity contribution is 5.34. The van der Waals surface area contributed by atoms with Crippen LogP contribution in [0.2, 0.25) is 0 Å². The Morgan fingerprint density at radius 2 is 2.21 bits per heavy atom. The van der Waals surface area contributed by atoms with Gasteiger partial charge in [-0.15, -0.1) is 0 Å². The van der Waals surface area contributed by atoms with Crippen molar-refractivity contribution in [2.45, 2.75) is 26.8 Å². The van der Waals surface area contributed by atoms with Crippen LogP contribution in [-0.2, 0) is 13.0 Å². The van der Waals surface area contributed by atoms with E-state index in [1.54, 1.807) is 6.07 Å². The molecule has 0 N–H and O–H groups in total. The van der Waals surface area contributed by atoms with Crippen molar-refractivity contribution in [2.75, 3.05) is 13.1 Å². The van der Waals surface area contributed by atoms with Crippen molar-refractivity contribution in [3.8, 4) is 0 Å². The summed E-state index contributed by atoms with van der Waals surface area (Å²) in [4.78, 5) is 2.35. The van der Waals surface area contributed by atoms with Gasteiger partial charge in [0, 0.05) is 13.1 Å². The molecule has 1 aliphatic rings. The maximum Gasteiger partial charge on any atom is 0.127 e. The minimum atomic E-state index is -0.0178. The van der Waals surface area contributed by atoms with E-state index >= 15 is 0 Å². The second-order valence-electron chi connectivity index (χ2n) is 4.00. The Kier molecular flexibility index (Phi) is 2.55. The van der Waals surface area contributed by atoms with Gasteiger partial charge in [-0.25, -0.2) is 4.39 Å². The second kappa shape index (κ2) is 3.70. The van der Waals surface area contributed by atoms with Gasteiger partial charge in [-0.05, 0) is 42.6 Å². The lowest BCUT2D eigenvalue weighted by molar-refractivity contribution is 0.265. The number of benzene rings is 1. The summed E-state index contributed by atoms with van der Waals surface area (Å²) in [5.41, 5.74) is 3.13. The van der Waals surface area contributed by atoms with E-state index in [9.17, 15) is 4.39 Å². The van der Waals surface area contributed by atoms with Crippen LogP contribution >= 0.6 is 0 Å². The van der Waals surface area contributed by atoms with Crippen molar-refractivity contribution in [3.05, 3.63) is 34.6 Å². The van der Waals surface area contributed by atoms with Crippen LogP contribution in [0, 0.1) is 12.7 Å². The van der Waals surface area contributed by atoms with Crippen LogP contribution in [0.4, 0.5) is 4.39 Å². The molecule has 1 aliphatic heterocycles. The molecule has 2 rings (SSSR count). The first-order valence-electron chi connectivity index (χ1n) is 5.21. The summed E-state index contributed by atoms with van der Waals surface area (Å²) in [6, 6.07) is 3.75. The van der Waals surface area contributed by atoms with Gasteiger partial charge in [0.05, 0.1) is 0 Å². The highest BCUT2D eigenvalue weighted by Crippen LogP contribution is 2.22. The number of aryl methyl sites for hydroxylation is 1. The smallest absolute Gasteiger partial charge is 0.127 e. The molecule has 1 aromatic carbocycles. The van der Waals surface area contributed by atoms with E-state index < -0.39 is 0 Å². The van der Waals surface area contributed by atoms with Crippen molar-refractivity contribution in [2.24, 2.45) is 0 Å². The third-order valence-electron chi connectivity index (χ3n) is 2.95. The third kappa shape index (κ3) is 1.67. The topological polar surface area (TPSA) is 3.24 Å². The third-order valence-corrected chi connectivity index (χ3v) is 2.95. The van der Waals surface area contributed by atoms with Crippen molar-refractivity contribution in [3.63, 3.8) is 0 Å². The average Bonchev–Trinajstić information content (AvgIpc) is 2.16. The maximum atomic E-state index is 13.5. The Bertz CT molecular complexity index is 346. The summed E-state index contributed by atoms with van der Waals surface area (Å²) in [5.74, 6) is -0.0178. The number of hydrogen-bond donors (Lipinski definition) is 0. The van der Waals surface area contributed by atoms with Gasteiger partial charge in [-0.3, -0.25) is 4.90 Å². The summed E-state index contributed by atoms with van der Waals surface area (Å²) < 4.78 is 13.5. The molecule has 0 amide bonds. The van der Waals surface area contributed by atoms with E-state index in [0.29, 0.717) is 0 Å². The fourth-order valence-electron chi connectivity index (χ4n) is 2.12. The Hall–Kier alpha value is -0.890. The summed E-state index contributed by atoms with van der Waals surface area (Å²) in [7, 11) is 0. The number of halogens is 1. The highest BCUT2D eigenvalue weighted by atomic mass is 19.1. The summed E-state index contributed by atoms with van der Waals surface area (Å²) >= 11 is 0. The molecule has 0 spiro atoms. The second-order valence-corrected chi connectivity index (χ2v) is 4.00. The molecular formula is C12H16FN. The molecule has 0 aromatic heterocycles. The summed E-state index contributed by atoms with van der Waals surface area (Å²) in [6.45, 7) is 7.05. The van der Waals surface area contributed by atoms with Crippen molar-refractivity contribution in [1.29, 1.82) is 0 Å². The number of hydrogen-bond acceptors (Lipinski definition) is 1. The molecule has 0 aliphatic carbocycles. The molecule has 1 nitrogen and oxygen atoms in total.